The van der Waals surface area contributed by atoms with Crippen molar-refractivity contribution in [3.05, 3.63) is 53.1 Å². The van der Waals surface area contributed by atoms with Gasteiger partial charge in [-0.05, 0) is 68.5 Å². The van der Waals surface area contributed by atoms with Gasteiger partial charge in [0.1, 0.15) is 22.2 Å². The molecule has 1 amide bonds. The number of nitrogens with zero attached hydrogens (tertiary/aromatic N) is 1. The van der Waals surface area contributed by atoms with Crippen molar-refractivity contribution in [2.24, 2.45) is 10.7 Å². The highest BCUT2D eigenvalue weighted by molar-refractivity contribution is 7.89. The normalized spacial score (nSPS) is 11.9. The van der Waals surface area contributed by atoms with Crippen LogP contribution in [-0.2, 0) is 49.8 Å². The van der Waals surface area contributed by atoms with Crippen molar-refractivity contribution in [1.82, 2.24) is 4.72 Å². The van der Waals surface area contributed by atoms with E-state index in [1.807, 2.05) is 19.9 Å². The van der Waals surface area contributed by atoms with Crippen LogP contribution in [0, 0.1) is 0 Å². The summed E-state index contributed by atoms with van der Waals surface area (Å²) in [6.07, 6.45) is -1.09. The maximum atomic E-state index is 13.1. The van der Waals surface area contributed by atoms with Gasteiger partial charge in [-0.15, -0.1) is 0 Å². The van der Waals surface area contributed by atoms with Crippen LogP contribution >= 0.6 is 0 Å². The van der Waals surface area contributed by atoms with E-state index in [4.69, 9.17) is 24.7 Å². The number of benzene rings is 2. The third kappa shape index (κ3) is 11.3. The van der Waals surface area contributed by atoms with Gasteiger partial charge in [-0.3, -0.25) is 4.79 Å². The monoisotopic (exact) mass is 665 g/mol. The van der Waals surface area contributed by atoms with Crippen LogP contribution in [0.4, 0.5) is 4.79 Å². The number of phenolic OH excluding ortho intramolecular Hbond substituents is 1. The Balaban J connectivity index is 2.10. The van der Waals surface area contributed by atoms with Crippen LogP contribution in [0.2, 0.25) is 0 Å². The van der Waals surface area contributed by atoms with E-state index in [0.29, 0.717) is 11.3 Å². The lowest BCUT2D eigenvalue weighted by Gasteiger charge is -2.21. The zero-order chi connectivity index (χ0) is 34.7. The molecule has 0 saturated heterocycles. The second kappa shape index (κ2) is 16.6. The van der Waals surface area contributed by atoms with E-state index < -0.39 is 62.9 Å². The van der Waals surface area contributed by atoms with Gasteiger partial charge in [0.15, 0.2) is 6.61 Å². The van der Waals surface area contributed by atoms with Gasteiger partial charge >= 0.3 is 24.0 Å². The molecule has 46 heavy (non-hydrogen) atoms. The molecule has 252 valence electrons. The number of ether oxygens (including phenoxy) is 5. The Bertz CT molecular complexity index is 1570. The molecule has 0 atom stereocenters. The molecule has 0 radical (unpaired) electrons. The summed E-state index contributed by atoms with van der Waals surface area (Å²) < 4.78 is 53.4. The standard InChI is InChI=1S/C30H39N3O12S/c1-7-41-26(36)16-42-24-14-21(18(2)3)9-8-20(24)12-13-32-46(39,40)25-15-22(10-11-23(25)35)27(31)33-29(38)44-17-43-28(37)30(5,6)45-19(4)34/h8-11,14-15,18,32,35H,7,12-13,16-17H2,1-6H3,(H2,31,33,38). The first kappa shape index (κ1) is 37.5. The second-order valence-corrected chi connectivity index (χ2v) is 12.2. The number of hydrogen-bond donors (Lipinski definition) is 3. The number of phenols is 1. The van der Waals surface area contributed by atoms with Crippen molar-refractivity contribution >= 4 is 39.9 Å². The average molecular weight is 666 g/mol. The maximum absolute atomic E-state index is 13.1. The van der Waals surface area contributed by atoms with Crippen LogP contribution in [0.25, 0.3) is 0 Å². The summed E-state index contributed by atoms with van der Waals surface area (Å²) in [6.45, 7) is 8.25. The van der Waals surface area contributed by atoms with E-state index in [1.54, 1.807) is 19.1 Å². The van der Waals surface area contributed by atoms with Gasteiger partial charge in [0.05, 0.1) is 6.61 Å². The smallest absolute Gasteiger partial charge is 0.438 e. The number of nitrogens with two attached hydrogens (primary N) is 1. The predicted molar refractivity (Wildman–Crippen MR) is 164 cm³/mol. The number of amides is 1. The molecular formula is C30H39N3O12S. The van der Waals surface area contributed by atoms with E-state index >= 15 is 0 Å². The van der Waals surface area contributed by atoms with Crippen molar-refractivity contribution < 1.29 is 56.4 Å². The quantitative estimate of drug-likeness (QED) is 0.0820. The Morgan fingerprint density at radius 2 is 1.74 bits per heavy atom. The van der Waals surface area contributed by atoms with Crippen molar-refractivity contribution in [2.45, 2.75) is 64.4 Å². The summed E-state index contributed by atoms with van der Waals surface area (Å²) in [4.78, 5) is 50.0. The third-order valence-corrected chi connectivity index (χ3v) is 7.61. The van der Waals surface area contributed by atoms with Gasteiger partial charge in [0, 0.05) is 19.0 Å². The molecule has 0 fully saturated rings. The van der Waals surface area contributed by atoms with E-state index in [9.17, 15) is 32.7 Å². The molecule has 0 aliphatic rings. The Morgan fingerprint density at radius 3 is 2.37 bits per heavy atom. The Labute approximate surface area is 267 Å². The Hall–Kier alpha value is -4.70. The lowest BCUT2D eigenvalue weighted by atomic mass is 10.00. The lowest BCUT2D eigenvalue weighted by Crippen LogP contribution is -2.38. The molecule has 0 unspecified atom stereocenters. The van der Waals surface area contributed by atoms with Crippen LogP contribution in [0.3, 0.4) is 0 Å². The molecule has 0 aromatic heterocycles. The number of nitrogens with one attached hydrogen (secondary N) is 1. The van der Waals surface area contributed by atoms with Crippen LogP contribution in [0.5, 0.6) is 11.5 Å². The van der Waals surface area contributed by atoms with Crippen molar-refractivity contribution in [3.8, 4) is 11.5 Å². The number of carbonyl (C=O) groups is 4. The molecule has 16 heteroatoms. The molecule has 2 rings (SSSR count). The SMILES string of the molecule is CCOC(=O)COc1cc(C(C)C)ccc1CCNS(=O)(=O)c1cc(/C(N)=N\C(=O)OCOC(=O)C(C)(C)OC(C)=O)ccc1O. The van der Waals surface area contributed by atoms with Crippen LogP contribution in [-0.4, -0.2) is 75.5 Å². The molecule has 0 spiro atoms. The van der Waals surface area contributed by atoms with E-state index in [1.165, 1.54) is 19.9 Å². The first-order valence-corrected chi connectivity index (χ1v) is 15.6. The number of aromatic hydroxyl groups is 1. The fourth-order valence-corrected chi connectivity index (χ4v) is 4.95. The number of rotatable bonds is 15. The number of esters is 3. The molecule has 2 aromatic rings. The topological polar surface area (TPSA) is 219 Å². The Kier molecular flexibility index (Phi) is 13.5. The molecule has 0 aliphatic carbocycles. The van der Waals surface area contributed by atoms with Gasteiger partial charge in [-0.2, -0.15) is 4.99 Å². The molecule has 15 nitrogen and oxygen atoms in total. The van der Waals surface area contributed by atoms with Gasteiger partial charge in [0.25, 0.3) is 0 Å². The molecular weight excluding hydrogens is 626 g/mol. The van der Waals surface area contributed by atoms with E-state index in [0.717, 1.165) is 24.6 Å². The van der Waals surface area contributed by atoms with Crippen LogP contribution in [0.15, 0.2) is 46.3 Å². The van der Waals surface area contributed by atoms with E-state index in [2.05, 4.69) is 14.5 Å². The molecule has 0 bridgehead atoms. The van der Waals surface area contributed by atoms with Gasteiger partial charge < -0.3 is 34.5 Å². The van der Waals surface area contributed by atoms with Gasteiger partial charge in [0.2, 0.25) is 22.4 Å². The van der Waals surface area contributed by atoms with Crippen molar-refractivity contribution in [1.29, 1.82) is 0 Å². The summed E-state index contributed by atoms with van der Waals surface area (Å²) in [7, 11) is -4.29. The summed E-state index contributed by atoms with van der Waals surface area (Å²) in [5.41, 5.74) is 5.77. The summed E-state index contributed by atoms with van der Waals surface area (Å²) in [6, 6.07) is 8.73. The average Bonchev–Trinajstić information content (AvgIpc) is 2.95. The van der Waals surface area contributed by atoms with Gasteiger partial charge in [-0.1, -0.05) is 26.0 Å². The number of amidine groups is 1. The second-order valence-electron chi connectivity index (χ2n) is 10.5. The fraction of sp³-hybridized carbons (Fsp3) is 0.433. The molecule has 0 saturated carbocycles. The highest BCUT2D eigenvalue weighted by Crippen LogP contribution is 2.27. The highest BCUT2D eigenvalue weighted by atomic mass is 32.2. The molecule has 2 aromatic carbocycles. The number of aliphatic imine (C=N–C) groups is 1. The summed E-state index contributed by atoms with van der Waals surface area (Å²) in [5, 5.41) is 10.3. The lowest BCUT2D eigenvalue weighted by molar-refractivity contribution is -0.182. The first-order chi connectivity index (χ1) is 21.5. The first-order valence-electron chi connectivity index (χ1n) is 14.1. The number of sulfonamides is 1. The molecule has 0 aliphatic heterocycles. The zero-order valence-corrected chi connectivity index (χ0v) is 27.3. The Morgan fingerprint density at radius 1 is 1.04 bits per heavy atom. The highest BCUT2D eigenvalue weighted by Gasteiger charge is 2.33. The largest absolute Gasteiger partial charge is 0.507 e. The fourth-order valence-electron chi connectivity index (χ4n) is 3.80. The summed E-state index contributed by atoms with van der Waals surface area (Å²) in [5.74, 6) is -2.71. The minimum absolute atomic E-state index is 0.0398. The zero-order valence-electron chi connectivity index (χ0n) is 26.4. The van der Waals surface area contributed by atoms with E-state index in [-0.39, 0.29) is 37.7 Å². The van der Waals surface area contributed by atoms with Gasteiger partial charge in [-0.25, -0.2) is 27.5 Å². The van der Waals surface area contributed by atoms with Crippen LogP contribution in [0.1, 0.15) is 64.2 Å². The predicted octanol–water partition coefficient (Wildman–Crippen LogP) is 2.66. The van der Waals surface area contributed by atoms with Crippen molar-refractivity contribution in [3.63, 3.8) is 0 Å². The third-order valence-electron chi connectivity index (χ3n) is 6.11. The van der Waals surface area contributed by atoms with Crippen molar-refractivity contribution in [2.75, 3.05) is 26.6 Å². The minimum atomic E-state index is -4.29. The minimum Gasteiger partial charge on any atom is -0.507 e. The molecule has 4 N–H and O–H groups in total. The van der Waals surface area contributed by atoms with Crippen LogP contribution < -0.4 is 15.2 Å². The summed E-state index contributed by atoms with van der Waals surface area (Å²) >= 11 is 0. The maximum Gasteiger partial charge on any atom is 0.438 e. The number of hydrogen-bond acceptors (Lipinski definition) is 12. The number of carbonyl (C=O) groups excluding carboxylic acids is 4. The molecule has 0 heterocycles.